The molecule has 0 spiro atoms. The first-order valence-electron chi connectivity index (χ1n) is 8.17. The Morgan fingerprint density at radius 2 is 1.92 bits per heavy atom. The number of rotatable bonds is 5. The van der Waals surface area contributed by atoms with Gasteiger partial charge >= 0.3 is 6.03 Å². The Balaban J connectivity index is 1.64. The zero-order valence-corrected chi connectivity index (χ0v) is 14.1. The normalized spacial score (nSPS) is 15.6. The summed E-state index contributed by atoms with van der Waals surface area (Å²) in [5.74, 6) is 0.298. The molecule has 3 rings (SSSR count). The number of urea groups is 1. The molecule has 0 aliphatic carbocycles. The maximum Gasteiger partial charge on any atom is 0.322 e. The lowest BCUT2D eigenvalue weighted by Gasteiger charge is -2.23. The third kappa shape index (κ3) is 3.57. The fourth-order valence-electron chi connectivity index (χ4n) is 3.06. The van der Waals surface area contributed by atoms with Gasteiger partial charge in [-0.2, -0.15) is 0 Å². The van der Waals surface area contributed by atoms with E-state index in [1.807, 2.05) is 48.5 Å². The molecule has 0 saturated heterocycles. The van der Waals surface area contributed by atoms with E-state index in [4.69, 9.17) is 10.5 Å². The molecule has 1 unspecified atom stereocenters. The van der Waals surface area contributed by atoms with Gasteiger partial charge in [0, 0.05) is 18.7 Å². The van der Waals surface area contributed by atoms with E-state index < -0.39 is 11.9 Å². The van der Waals surface area contributed by atoms with Crippen molar-refractivity contribution in [3.05, 3.63) is 59.7 Å². The second-order valence-corrected chi connectivity index (χ2v) is 5.95. The maximum atomic E-state index is 12.6. The minimum atomic E-state index is -0.640. The molecule has 2 aromatic carbocycles. The van der Waals surface area contributed by atoms with Gasteiger partial charge in [-0.1, -0.05) is 30.3 Å². The van der Waals surface area contributed by atoms with Gasteiger partial charge in [0.2, 0.25) is 5.91 Å². The monoisotopic (exact) mass is 339 g/mol. The lowest BCUT2D eigenvalue weighted by molar-refractivity contribution is -0.119. The van der Waals surface area contributed by atoms with E-state index in [-0.39, 0.29) is 6.03 Å². The van der Waals surface area contributed by atoms with Gasteiger partial charge in [-0.15, -0.1) is 0 Å². The van der Waals surface area contributed by atoms with Crippen LogP contribution < -0.4 is 20.7 Å². The number of anilines is 1. The van der Waals surface area contributed by atoms with Gasteiger partial charge in [0.15, 0.2) is 0 Å². The third-order valence-electron chi connectivity index (χ3n) is 4.37. The average molecular weight is 339 g/mol. The summed E-state index contributed by atoms with van der Waals surface area (Å²) >= 11 is 0. The SMILES string of the molecule is COc1ccc(CCNC(=O)N2c3ccccc3CC2C(N)=O)cc1. The molecule has 1 atom stereocenters. The fraction of sp³-hybridized carbons (Fsp3) is 0.263. The predicted molar refractivity (Wildman–Crippen MR) is 95.7 cm³/mol. The summed E-state index contributed by atoms with van der Waals surface area (Å²) in [6.45, 7) is 0.468. The molecule has 0 fully saturated rings. The van der Waals surface area contributed by atoms with E-state index in [2.05, 4.69) is 5.32 Å². The Hall–Kier alpha value is -3.02. The van der Waals surface area contributed by atoms with Crippen LogP contribution in [0.5, 0.6) is 5.75 Å². The molecule has 3 amide bonds. The molecule has 6 heteroatoms. The Kier molecular flexibility index (Phi) is 4.88. The Morgan fingerprint density at radius 1 is 1.20 bits per heavy atom. The van der Waals surface area contributed by atoms with E-state index in [9.17, 15) is 9.59 Å². The van der Waals surface area contributed by atoms with E-state index in [1.165, 1.54) is 4.90 Å². The number of nitrogens with zero attached hydrogens (tertiary/aromatic N) is 1. The largest absolute Gasteiger partial charge is 0.497 e. The molecule has 25 heavy (non-hydrogen) atoms. The van der Waals surface area contributed by atoms with Crippen molar-refractivity contribution < 1.29 is 14.3 Å². The molecule has 130 valence electrons. The molecular formula is C19H21N3O3. The molecule has 1 aliphatic heterocycles. The van der Waals surface area contributed by atoms with Crippen LogP contribution in [-0.4, -0.2) is 31.6 Å². The number of nitrogens with two attached hydrogens (primary N) is 1. The number of para-hydroxylation sites is 1. The number of nitrogens with one attached hydrogen (secondary N) is 1. The third-order valence-corrected chi connectivity index (χ3v) is 4.37. The number of hydrogen-bond acceptors (Lipinski definition) is 3. The van der Waals surface area contributed by atoms with Crippen LogP contribution in [0.25, 0.3) is 0 Å². The number of benzene rings is 2. The van der Waals surface area contributed by atoms with E-state index in [1.54, 1.807) is 7.11 Å². The molecule has 0 saturated carbocycles. The van der Waals surface area contributed by atoms with Crippen LogP contribution in [0.3, 0.4) is 0 Å². The van der Waals surface area contributed by atoms with E-state index in [0.717, 1.165) is 22.6 Å². The van der Waals surface area contributed by atoms with Gasteiger partial charge < -0.3 is 15.8 Å². The minimum Gasteiger partial charge on any atom is -0.497 e. The lowest BCUT2D eigenvalue weighted by atomic mass is 10.1. The average Bonchev–Trinajstić information content (AvgIpc) is 3.02. The molecule has 0 bridgehead atoms. The van der Waals surface area contributed by atoms with Crippen LogP contribution in [0.1, 0.15) is 11.1 Å². The Bertz CT molecular complexity index is 774. The predicted octanol–water partition coefficient (Wildman–Crippen LogP) is 1.86. The quantitative estimate of drug-likeness (QED) is 0.872. The first kappa shape index (κ1) is 16.8. The summed E-state index contributed by atoms with van der Waals surface area (Å²) in [5, 5.41) is 2.88. The molecular weight excluding hydrogens is 318 g/mol. The topological polar surface area (TPSA) is 84.7 Å². The van der Waals surface area contributed by atoms with Crippen molar-refractivity contribution in [3.8, 4) is 5.75 Å². The molecule has 0 aromatic heterocycles. The van der Waals surface area contributed by atoms with Crippen LogP contribution in [0.4, 0.5) is 10.5 Å². The standard InChI is InChI=1S/C19H21N3O3/c1-25-15-8-6-13(7-9-15)10-11-21-19(24)22-16-5-3-2-4-14(16)12-17(22)18(20)23/h2-9,17H,10-12H2,1H3,(H2,20,23)(H,21,24). The second-order valence-electron chi connectivity index (χ2n) is 5.95. The van der Waals surface area contributed by atoms with Gasteiger partial charge in [-0.05, 0) is 35.7 Å². The molecule has 0 radical (unpaired) electrons. The maximum absolute atomic E-state index is 12.6. The molecule has 6 nitrogen and oxygen atoms in total. The molecule has 1 aliphatic rings. The first-order chi connectivity index (χ1) is 12.1. The van der Waals surface area contributed by atoms with Crippen molar-refractivity contribution in [2.45, 2.75) is 18.9 Å². The highest BCUT2D eigenvalue weighted by Crippen LogP contribution is 2.31. The number of fused-ring (bicyclic) bond motifs is 1. The van der Waals surface area contributed by atoms with Crippen LogP contribution in [0.15, 0.2) is 48.5 Å². The number of methoxy groups -OCH3 is 1. The van der Waals surface area contributed by atoms with Gasteiger partial charge in [0.1, 0.15) is 11.8 Å². The number of ether oxygens (including phenoxy) is 1. The highest BCUT2D eigenvalue weighted by molar-refractivity contribution is 6.02. The van der Waals surface area contributed by atoms with Crippen LogP contribution in [-0.2, 0) is 17.6 Å². The van der Waals surface area contributed by atoms with Crippen molar-refractivity contribution in [2.24, 2.45) is 5.73 Å². The Morgan fingerprint density at radius 3 is 2.60 bits per heavy atom. The van der Waals surface area contributed by atoms with Gasteiger partial charge in [0.05, 0.1) is 7.11 Å². The summed E-state index contributed by atoms with van der Waals surface area (Å²) < 4.78 is 5.13. The first-order valence-corrected chi connectivity index (χ1v) is 8.17. The number of hydrogen-bond donors (Lipinski definition) is 2. The summed E-state index contributed by atoms with van der Waals surface area (Å²) in [5.41, 5.74) is 8.27. The summed E-state index contributed by atoms with van der Waals surface area (Å²) in [6.07, 6.45) is 1.14. The van der Waals surface area contributed by atoms with Gasteiger partial charge in [-0.25, -0.2) is 4.79 Å². The van der Waals surface area contributed by atoms with E-state index >= 15 is 0 Å². The summed E-state index contributed by atoms with van der Waals surface area (Å²) in [6, 6.07) is 14.2. The van der Waals surface area contributed by atoms with Crippen molar-refractivity contribution in [1.29, 1.82) is 0 Å². The lowest BCUT2D eigenvalue weighted by Crippen LogP contribution is -2.50. The zero-order valence-electron chi connectivity index (χ0n) is 14.1. The van der Waals surface area contributed by atoms with Crippen LogP contribution in [0.2, 0.25) is 0 Å². The smallest absolute Gasteiger partial charge is 0.322 e. The highest BCUT2D eigenvalue weighted by Gasteiger charge is 2.36. The highest BCUT2D eigenvalue weighted by atomic mass is 16.5. The Labute approximate surface area is 146 Å². The van der Waals surface area contributed by atoms with Crippen LogP contribution in [0, 0.1) is 0 Å². The summed E-state index contributed by atoms with van der Waals surface area (Å²) in [7, 11) is 1.62. The van der Waals surface area contributed by atoms with Crippen molar-refractivity contribution in [1.82, 2.24) is 5.32 Å². The summed E-state index contributed by atoms with van der Waals surface area (Å²) in [4.78, 5) is 25.8. The van der Waals surface area contributed by atoms with Crippen molar-refractivity contribution in [2.75, 3.05) is 18.6 Å². The number of carbonyl (C=O) groups is 2. The fourth-order valence-corrected chi connectivity index (χ4v) is 3.06. The van der Waals surface area contributed by atoms with Crippen molar-refractivity contribution >= 4 is 17.6 Å². The van der Waals surface area contributed by atoms with Crippen LogP contribution >= 0.6 is 0 Å². The molecule has 2 aromatic rings. The second kappa shape index (κ2) is 7.25. The van der Waals surface area contributed by atoms with Gasteiger partial charge in [0.25, 0.3) is 0 Å². The molecule has 1 heterocycles. The number of carbonyl (C=O) groups excluding carboxylic acids is 2. The number of primary amides is 1. The number of amides is 3. The van der Waals surface area contributed by atoms with Gasteiger partial charge in [-0.3, -0.25) is 9.69 Å². The van der Waals surface area contributed by atoms with E-state index in [0.29, 0.717) is 19.4 Å². The van der Waals surface area contributed by atoms with Crippen molar-refractivity contribution in [3.63, 3.8) is 0 Å². The minimum absolute atomic E-state index is 0.303. The zero-order chi connectivity index (χ0) is 17.8. The molecule has 3 N–H and O–H groups in total.